The largest absolute Gasteiger partial charge is 0.497 e. The van der Waals surface area contributed by atoms with Crippen LogP contribution in [0.4, 0.5) is 0 Å². The maximum absolute atomic E-state index is 12.9. The molecule has 1 atom stereocenters. The molecule has 2 aliphatic heterocycles. The predicted molar refractivity (Wildman–Crippen MR) is 120 cm³/mol. The second-order valence-corrected chi connectivity index (χ2v) is 8.36. The van der Waals surface area contributed by atoms with Crippen molar-refractivity contribution in [3.8, 4) is 5.75 Å². The highest BCUT2D eigenvalue weighted by atomic mass is 16.5. The van der Waals surface area contributed by atoms with Crippen molar-refractivity contribution in [3.05, 3.63) is 65.2 Å². The van der Waals surface area contributed by atoms with Crippen LogP contribution in [0.25, 0.3) is 0 Å². The number of nitrogens with zero attached hydrogens (tertiary/aromatic N) is 2. The summed E-state index contributed by atoms with van der Waals surface area (Å²) in [6.45, 7) is 4.02. The van der Waals surface area contributed by atoms with Crippen LogP contribution in [0, 0.1) is 0 Å². The van der Waals surface area contributed by atoms with Gasteiger partial charge >= 0.3 is 0 Å². The lowest BCUT2D eigenvalue weighted by molar-refractivity contribution is -0.128. The van der Waals surface area contributed by atoms with Gasteiger partial charge in [0.2, 0.25) is 5.91 Å². The summed E-state index contributed by atoms with van der Waals surface area (Å²) in [6.07, 6.45) is 3.93. The van der Waals surface area contributed by atoms with Gasteiger partial charge in [0.15, 0.2) is 0 Å². The van der Waals surface area contributed by atoms with Crippen molar-refractivity contribution in [1.82, 2.24) is 15.1 Å². The quantitative estimate of drug-likeness (QED) is 0.710. The number of hydrogen-bond donors (Lipinski definition) is 1. The molecule has 2 heterocycles. The Balaban J connectivity index is 1.42. The summed E-state index contributed by atoms with van der Waals surface area (Å²) in [5.41, 5.74) is 2.82. The molecular formula is C25H31N3O3. The zero-order chi connectivity index (χ0) is 21.6. The van der Waals surface area contributed by atoms with Crippen LogP contribution < -0.4 is 10.1 Å². The van der Waals surface area contributed by atoms with Crippen molar-refractivity contribution in [2.24, 2.45) is 0 Å². The molecule has 0 aromatic heterocycles. The number of ether oxygens (including phenoxy) is 1. The van der Waals surface area contributed by atoms with Crippen LogP contribution in [-0.2, 0) is 11.3 Å². The Kier molecular flexibility index (Phi) is 6.87. The van der Waals surface area contributed by atoms with E-state index in [4.69, 9.17) is 4.74 Å². The van der Waals surface area contributed by atoms with Gasteiger partial charge in [-0.05, 0) is 67.7 Å². The van der Waals surface area contributed by atoms with Gasteiger partial charge in [0.05, 0.1) is 13.2 Å². The maximum Gasteiger partial charge on any atom is 0.251 e. The average molecular weight is 422 g/mol. The Morgan fingerprint density at radius 1 is 1.06 bits per heavy atom. The van der Waals surface area contributed by atoms with Gasteiger partial charge in [-0.2, -0.15) is 0 Å². The number of hydrogen-bond acceptors (Lipinski definition) is 4. The Morgan fingerprint density at radius 3 is 2.52 bits per heavy atom. The number of carbonyl (C=O) groups is 2. The molecule has 0 unspecified atom stereocenters. The molecule has 1 N–H and O–H groups in total. The van der Waals surface area contributed by atoms with Crippen molar-refractivity contribution in [3.63, 3.8) is 0 Å². The third-order valence-corrected chi connectivity index (χ3v) is 6.27. The van der Waals surface area contributed by atoms with Crippen LogP contribution in [0.3, 0.4) is 0 Å². The number of carbonyl (C=O) groups excluding carboxylic acids is 2. The molecule has 0 spiro atoms. The van der Waals surface area contributed by atoms with Gasteiger partial charge in [-0.15, -0.1) is 0 Å². The lowest BCUT2D eigenvalue weighted by atomic mass is 10.0. The van der Waals surface area contributed by atoms with E-state index in [1.165, 1.54) is 18.4 Å². The topological polar surface area (TPSA) is 61.9 Å². The molecule has 6 heteroatoms. The summed E-state index contributed by atoms with van der Waals surface area (Å²) in [7, 11) is 1.67. The van der Waals surface area contributed by atoms with Crippen molar-refractivity contribution in [1.29, 1.82) is 0 Å². The van der Waals surface area contributed by atoms with E-state index in [1.807, 2.05) is 41.3 Å². The molecule has 2 saturated heterocycles. The number of likely N-dealkylation sites (tertiary alicyclic amines) is 2. The molecule has 0 aliphatic carbocycles. The Bertz CT molecular complexity index is 906. The summed E-state index contributed by atoms with van der Waals surface area (Å²) in [5.74, 6) is 0.955. The van der Waals surface area contributed by atoms with E-state index in [2.05, 4.69) is 22.3 Å². The minimum absolute atomic E-state index is 0.0766. The van der Waals surface area contributed by atoms with E-state index in [0.717, 1.165) is 37.4 Å². The summed E-state index contributed by atoms with van der Waals surface area (Å²) >= 11 is 0. The Morgan fingerprint density at radius 2 is 1.84 bits per heavy atom. The fourth-order valence-electron chi connectivity index (χ4n) is 4.53. The Labute approximate surface area is 184 Å². The number of benzene rings is 2. The molecule has 0 saturated carbocycles. The minimum Gasteiger partial charge on any atom is -0.497 e. The summed E-state index contributed by atoms with van der Waals surface area (Å²) < 4.78 is 5.29. The smallest absolute Gasteiger partial charge is 0.251 e. The fourth-order valence-corrected chi connectivity index (χ4v) is 4.53. The second kappa shape index (κ2) is 9.96. The highest BCUT2D eigenvalue weighted by Crippen LogP contribution is 2.26. The molecule has 2 aromatic rings. The van der Waals surface area contributed by atoms with E-state index < -0.39 is 0 Å². The van der Waals surface area contributed by atoms with Crippen LogP contribution in [0.2, 0.25) is 0 Å². The molecule has 0 bridgehead atoms. The molecule has 2 fully saturated rings. The summed E-state index contributed by atoms with van der Waals surface area (Å²) in [6, 6.07) is 15.9. The van der Waals surface area contributed by atoms with Gasteiger partial charge in [-0.1, -0.05) is 24.3 Å². The molecule has 2 aliphatic rings. The average Bonchev–Trinajstić information content (AvgIpc) is 3.47. The predicted octanol–water partition coefficient (Wildman–Crippen LogP) is 3.38. The first-order valence-electron chi connectivity index (χ1n) is 11.2. The lowest BCUT2D eigenvalue weighted by Crippen LogP contribution is -2.36. The van der Waals surface area contributed by atoms with E-state index in [9.17, 15) is 9.59 Å². The fraction of sp³-hybridized carbons (Fsp3) is 0.440. The van der Waals surface area contributed by atoms with Gasteiger partial charge in [-0.25, -0.2) is 0 Å². The molecule has 0 radical (unpaired) electrons. The van der Waals surface area contributed by atoms with Crippen LogP contribution >= 0.6 is 0 Å². The first kappa shape index (κ1) is 21.4. The van der Waals surface area contributed by atoms with E-state index in [1.54, 1.807) is 7.11 Å². The van der Waals surface area contributed by atoms with E-state index in [-0.39, 0.29) is 17.9 Å². The molecule has 6 nitrogen and oxygen atoms in total. The van der Waals surface area contributed by atoms with Crippen LogP contribution in [0.15, 0.2) is 48.5 Å². The minimum atomic E-state index is -0.0766. The van der Waals surface area contributed by atoms with Gasteiger partial charge in [0, 0.05) is 31.6 Å². The number of methoxy groups -OCH3 is 1. The van der Waals surface area contributed by atoms with Crippen molar-refractivity contribution >= 4 is 11.8 Å². The summed E-state index contributed by atoms with van der Waals surface area (Å²) in [4.78, 5) is 29.1. The van der Waals surface area contributed by atoms with Crippen LogP contribution in [-0.4, -0.2) is 54.9 Å². The molecular weight excluding hydrogens is 390 g/mol. The second-order valence-electron chi connectivity index (χ2n) is 8.36. The maximum atomic E-state index is 12.9. The van der Waals surface area contributed by atoms with Crippen molar-refractivity contribution in [2.45, 2.75) is 38.3 Å². The monoisotopic (exact) mass is 421 g/mol. The molecule has 164 valence electrons. The van der Waals surface area contributed by atoms with Gasteiger partial charge in [0.1, 0.15) is 5.75 Å². The zero-order valence-corrected chi connectivity index (χ0v) is 18.2. The highest BCUT2D eigenvalue weighted by molar-refractivity contribution is 5.94. The number of rotatable bonds is 8. The van der Waals surface area contributed by atoms with Crippen LogP contribution in [0.5, 0.6) is 5.75 Å². The van der Waals surface area contributed by atoms with Crippen LogP contribution in [0.1, 0.15) is 53.2 Å². The third kappa shape index (κ3) is 5.25. The number of amides is 2. The van der Waals surface area contributed by atoms with Gasteiger partial charge in [-0.3, -0.25) is 14.5 Å². The van der Waals surface area contributed by atoms with Gasteiger partial charge < -0.3 is 15.0 Å². The normalized spacial score (nSPS) is 17.7. The van der Waals surface area contributed by atoms with Gasteiger partial charge in [0.25, 0.3) is 5.91 Å². The number of nitrogens with one attached hydrogen (secondary N) is 1. The lowest BCUT2D eigenvalue weighted by Gasteiger charge is -2.28. The molecule has 4 rings (SSSR count). The summed E-state index contributed by atoms with van der Waals surface area (Å²) in [5, 5.41) is 3.14. The highest BCUT2D eigenvalue weighted by Gasteiger charge is 2.24. The van der Waals surface area contributed by atoms with Crippen molar-refractivity contribution in [2.75, 3.05) is 33.3 Å². The standard InChI is InChI=1S/C25H31N3O3/c1-31-22-11-9-20(10-12-22)23(27-13-2-3-14-27)17-26-25(30)21-7-4-6-19(16-21)18-28-15-5-8-24(28)29/h4,6-7,9-12,16,23H,2-3,5,8,13-15,17-18H2,1H3,(H,26,30)/t23-/m1/s1. The van der Waals surface area contributed by atoms with E-state index in [0.29, 0.717) is 25.1 Å². The first-order chi connectivity index (χ1) is 15.1. The third-order valence-electron chi connectivity index (χ3n) is 6.27. The van der Waals surface area contributed by atoms with E-state index >= 15 is 0 Å². The molecule has 2 amide bonds. The first-order valence-corrected chi connectivity index (χ1v) is 11.2. The SMILES string of the molecule is COc1ccc([C@@H](CNC(=O)c2cccc(CN3CCCC3=O)c2)N2CCCC2)cc1. The zero-order valence-electron chi connectivity index (χ0n) is 18.2. The Hall–Kier alpha value is -2.86. The molecule has 2 aromatic carbocycles. The molecule has 31 heavy (non-hydrogen) atoms. The van der Waals surface area contributed by atoms with Crippen molar-refractivity contribution < 1.29 is 14.3 Å².